The van der Waals surface area contributed by atoms with E-state index < -0.39 is 36.1 Å². The van der Waals surface area contributed by atoms with E-state index in [9.17, 15) is 31.1 Å². The molecule has 0 aliphatic carbocycles. The Labute approximate surface area is 132 Å². The van der Waals surface area contributed by atoms with Crippen molar-refractivity contribution in [3.63, 3.8) is 0 Å². The minimum atomic E-state index is -5.73. The first kappa shape index (κ1) is 18.4. The largest absolute Gasteiger partial charge is 0.481 e. The fourth-order valence-corrected chi connectivity index (χ4v) is 2.18. The molecule has 0 amide bonds. The molecule has 0 radical (unpaired) electrons. The second kappa shape index (κ2) is 6.50. The van der Waals surface area contributed by atoms with Gasteiger partial charge in [-0.05, 0) is 17.7 Å². The SMILES string of the molecule is O=C(O)C1CN(Cc2ccc(OC(F)(F)C(F)C(F)(F)F)cc2)C1. The fourth-order valence-electron chi connectivity index (χ4n) is 2.18. The van der Waals surface area contributed by atoms with Crippen LogP contribution in [0.2, 0.25) is 0 Å². The van der Waals surface area contributed by atoms with Crippen molar-refractivity contribution < 1.29 is 41.0 Å². The van der Waals surface area contributed by atoms with Crippen molar-refractivity contribution in [1.29, 1.82) is 0 Å². The summed E-state index contributed by atoms with van der Waals surface area (Å²) >= 11 is 0. The van der Waals surface area contributed by atoms with Crippen LogP contribution in [-0.2, 0) is 11.3 Å². The lowest BCUT2D eigenvalue weighted by Gasteiger charge is -2.36. The van der Waals surface area contributed by atoms with Crippen molar-refractivity contribution in [2.75, 3.05) is 13.1 Å². The molecular weight excluding hydrogens is 344 g/mol. The van der Waals surface area contributed by atoms with Crippen LogP contribution in [0.1, 0.15) is 5.56 Å². The van der Waals surface area contributed by atoms with Gasteiger partial charge in [0, 0.05) is 19.6 Å². The van der Waals surface area contributed by atoms with Gasteiger partial charge in [0.05, 0.1) is 5.92 Å². The average molecular weight is 357 g/mol. The molecule has 1 fully saturated rings. The van der Waals surface area contributed by atoms with Gasteiger partial charge in [0.2, 0.25) is 0 Å². The summed E-state index contributed by atoms with van der Waals surface area (Å²) in [5.41, 5.74) is 0.627. The zero-order chi connectivity index (χ0) is 18.1. The van der Waals surface area contributed by atoms with Crippen molar-refractivity contribution in [3.05, 3.63) is 29.8 Å². The topological polar surface area (TPSA) is 49.8 Å². The molecule has 1 aromatic carbocycles. The van der Waals surface area contributed by atoms with Gasteiger partial charge in [-0.1, -0.05) is 12.1 Å². The third kappa shape index (κ3) is 4.31. The van der Waals surface area contributed by atoms with Gasteiger partial charge in [-0.15, -0.1) is 0 Å². The van der Waals surface area contributed by atoms with Crippen LogP contribution in [0.5, 0.6) is 5.75 Å². The summed E-state index contributed by atoms with van der Waals surface area (Å²) in [7, 11) is 0. The number of carboxylic acid groups (broad SMARTS) is 1. The number of carbonyl (C=O) groups is 1. The Kier molecular flexibility index (Phi) is 4.97. The number of ether oxygens (including phenoxy) is 1. The summed E-state index contributed by atoms with van der Waals surface area (Å²) in [4.78, 5) is 12.5. The number of hydrogen-bond donors (Lipinski definition) is 1. The lowest BCUT2D eigenvalue weighted by Crippen LogP contribution is -2.49. The molecule has 1 N–H and O–H groups in total. The zero-order valence-electron chi connectivity index (χ0n) is 12.1. The number of halogens is 6. The number of rotatable bonds is 6. The lowest BCUT2D eigenvalue weighted by atomic mass is 10.00. The molecular formula is C14H13F6NO3. The Morgan fingerprint density at radius 2 is 1.75 bits per heavy atom. The van der Waals surface area contributed by atoms with E-state index in [0.717, 1.165) is 12.1 Å². The average Bonchev–Trinajstić information content (AvgIpc) is 2.41. The number of carboxylic acids is 1. The van der Waals surface area contributed by atoms with Crippen molar-refractivity contribution in [3.8, 4) is 5.75 Å². The standard InChI is InChI=1S/C14H13F6NO3/c15-12(13(16,17)18)14(19,20)24-10-3-1-8(2-4-10)5-21-6-9(7-21)11(22)23/h1-4,9,12H,5-7H2,(H,22,23). The third-order valence-electron chi connectivity index (χ3n) is 3.47. The summed E-state index contributed by atoms with van der Waals surface area (Å²) in [6.45, 7) is 1.05. The van der Waals surface area contributed by atoms with E-state index >= 15 is 0 Å². The van der Waals surface area contributed by atoms with Crippen LogP contribution < -0.4 is 4.74 Å². The van der Waals surface area contributed by atoms with Crippen molar-refractivity contribution in [2.45, 2.75) is 25.0 Å². The molecule has 1 atom stereocenters. The van der Waals surface area contributed by atoms with Crippen LogP contribution in [0, 0.1) is 5.92 Å². The molecule has 0 bridgehead atoms. The van der Waals surface area contributed by atoms with Gasteiger partial charge >= 0.3 is 18.3 Å². The highest BCUT2D eigenvalue weighted by Gasteiger charge is 2.59. The maximum absolute atomic E-state index is 13.1. The molecule has 0 spiro atoms. The van der Waals surface area contributed by atoms with E-state index in [2.05, 4.69) is 4.74 Å². The molecule has 1 saturated heterocycles. The quantitative estimate of drug-likeness (QED) is 0.795. The minimum Gasteiger partial charge on any atom is -0.481 e. The Morgan fingerprint density at radius 1 is 1.21 bits per heavy atom. The zero-order valence-corrected chi connectivity index (χ0v) is 12.1. The smallest absolute Gasteiger partial charge is 0.439 e. The highest BCUT2D eigenvalue weighted by Crippen LogP contribution is 2.36. The van der Waals surface area contributed by atoms with Gasteiger partial charge in [0.1, 0.15) is 5.75 Å². The number of alkyl halides is 6. The van der Waals surface area contributed by atoms with Gasteiger partial charge in [-0.2, -0.15) is 22.0 Å². The molecule has 1 aliphatic heterocycles. The van der Waals surface area contributed by atoms with E-state index in [1.807, 2.05) is 0 Å². The maximum atomic E-state index is 13.1. The molecule has 0 saturated carbocycles. The number of nitrogens with zero attached hydrogens (tertiary/aromatic N) is 1. The molecule has 10 heteroatoms. The van der Waals surface area contributed by atoms with Gasteiger partial charge in [-0.3, -0.25) is 9.69 Å². The number of aliphatic carboxylic acids is 1. The van der Waals surface area contributed by atoms with Crippen LogP contribution in [0.3, 0.4) is 0 Å². The summed E-state index contributed by atoms with van der Waals surface area (Å²) in [6.07, 6.45) is -15.2. The van der Waals surface area contributed by atoms with E-state index in [4.69, 9.17) is 5.11 Å². The summed E-state index contributed by atoms with van der Waals surface area (Å²) < 4.78 is 78.8. The first-order chi connectivity index (χ1) is 11.0. The Bertz CT molecular complexity index is 583. The minimum absolute atomic E-state index is 0.348. The second-order valence-electron chi connectivity index (χ2n) is 5.44. The van der Waals surface area contributed by atoms with Gasteiger partial charge < -0.3 is 9.84 Å². The Hall–Kier alpha value is -1.97. The number of likely N-dealkylation sites (tertiary alicyclic amines) is 1. The predicted molar refractivity (Wildman–Crippen MR) is 69.4 cm³/mol. The van der Waals surface area contributed by atoms with Crippen LogP contribution in [0.15, 0.2) is 24.3 Å². The van der Waals surface area contributed by atoms with Gasteiger partial charge in [0.25, 0.3) is 6.17 Å². The molecule has 2 rings (SSSR count). The lowest BCUT2D eigenvalue weighted by molar-refractivity contribution is -0.304. The van der Waals surface area contributed by atoms with Crippen molar-refractivity contribution in [1.82, 2.24) is 4.90 Å². The van der Waals surface area contributed by atoms with E-state index in [1.165, 1.54) is 12.1 Å². The third-order valence-corrected chi connectivity index (χ3v) is 3.47. The number of hydrogen-bond acceptors (Lipinski definition) is 3. The second-order valence-corrected chi connectivity index (χ2v) is 5.44. The normalized spacial score (nSPS) is 18.1. The maximum Gasteiger partial charge on any atom is 0.439 e. The Balaban J connectivity index is 1.91. The van der Waals surface area contributed by atoms with Crippen molar-refractivity contribution in [2.24, 2.45) is 5.92 Å². The van der Waals surface area contributed by atoms with Crippen LogP contribution in [-0.4, -0.2) is 47.5 Å². The summed E-state index contributed by atoms with van der Waals surface area (Å²) in [5, 5.41) is 8.74. The molecule has 24 heavy (non-hydrogen) atoms. The highest BCUT2D eigenvalue weighted by molar-refractivity contribution is 5.71. The monoisotopic (exact) mass is 357 g/mol. The van der Waals surface area contributed by atoms with E-state index in [0.29, 0.717) is 25.2 Å². The molecule has 1 heterocycles. The molecule has 0 aromatic heterocycles. The van der Waals surface area contributed by atoms with Gasteiger partial charge in [0.15, 0.2) is 0 Å². The summed E-state index contributed by atoms with van der Waals surface area (Å²) in [5.74, 6) is -1.96. The van der Waals surface area contributed by atoms with Crippen molar-refractivity contribution >= 4 is 5.97 Å². The molecule has 4 nitrogen and oxygen atoms in total. The van der Waals surface area contributed by atoms with Crippen LogP contribution in [0.4, 0.5) is 26.3 Å². The molecule has 1 aliphatic rings. The van der Waals surface area contributed by atoms with E-state index in [1.54, 1.807) is 4.90 Å². The van der Waals surface area contributed by atoms with Crippen LogP contribution >= 0.6 is 0 Å². The molecule has 1 aromatic rings. The highest BCUT2D eigenvalue weighted by atomic mass is 19.4. The van der Waals surface area contributed by atoms with Crippen LogP contribution in [0.25, 0.3) is 0 Å². The number of benzene rings is 1. The van der Waals surface area contributed by atoms with E-state index in [-0.39, 0.29) is 0 Å². The molecule has 134 valence electrons. The molecule has 1 unspecified atom stereocenters. The fraction of sp³-hybridized carbons (Fsp3) is 0.500. The summed E-state index contributed by atoms with van der Waals surface area (Å²) in [6, 6.07) is 4.67. The Morgan fingerprint density at radius 3 is 2.21 bits per heavy atom. The first-order valence-corrected chi connectivity index (χ1v) is 6.81. The first-order valence-electron chi connectivity index (χ1n) is 6.81. The van der Waals surface area contributed by atoms with Gasteiger partial charge in [-0.25, -0.2) is 4.39 Å². The predicted octanol–water partition coefficient (Wildman–Crippen LogP) is 3.08.